The lowest BCUT2D eigenvalue weighted by Crippen LogP contribution is -2.34. The largest absolute Gasteiger partial charge is 0.492 e. The third-order valence-corrected chi connectivity index (χ3v) is 4.18. The Hall–Kier alpha value is -1.80. The van der Waals surface area contributed by atoms with Gasteiger partial charge in [0.1, 0.15) is 5.75 Å². The van der Waals surface area contributed by atoms with Gasteiger partial charge in [-0.05, 0) is 19.1 Å². The molecular formula is C13H20N2O5S. The molecule has 1 N–H and O–H groups in total. The van der Waals surface area contributed by atoms with Crippen LogP contribution in [0.4, 0.5) is 5.69 Å². The fourth-order valence-electron chi connectivity index (χ4n) is 1.52. The van der Waals surface area contributed by atoms with Gasteiger partial charge in [-0.1, -0.05) is 12.1 Å². The van der Waals surface area contributed by atoms with E-state index in [0.29, 0.717) is 18.0 Å². The van der Waals surface area contributed by atoms with Crippen molar-refractivity contribution in [3.8, 4) is 5.75 Å². The Morgan fingerprint density at radius 1 is 1.33 bits per heavy atom. The molecule has 21 heavy (non-hydrogen) atoms. The molecule has 0 saturated carbocycles. The van der Waals surface area contributed by atoms with Crippen molar-refractivity contribution in [2.75, 3.05) is 32.0 Å². The number of anilines is 1. The quantitative estimate of drug-likeness (QED) is 0.729. The summed E-state index contributed by atoms with van der Waals surface area (Å²) in [6.07, 6.45) is -0.0129. The van der Waals surface area contributed by atoms with Gasteiger partial charge in [0, 0.05) is 13.6 Å². The molecule has 0 heterocycles. The Morgan fingerprint density at radius 2 is 2.00 bits per heavy atom. The first-order chi connectivity index (χ1) is 9.90. The number of para-hydroxylation sites is 2. The fourth-order valence-corrected chi connectivity index (χ4v) is 2.45. The van der Waals surface area contributed by atoms with Gasteiger partial charge in [-0.25, -0.2) is 0 Å². The van der Waals surface area contributed by atoms with Gasteiger partial charge in [0.25, 0.3) is 0 Å². The van der Waals surface area contributed by atoms with Gasteiger partial charge in [0.15, 0.2) is 0 Å². The minimum absolute atomic E-state index is 0.0129. The minimum atomic E-state index is -3.76. The molecule has 118 valence electrons. The molecule has 7 nitrogen and oxygen atoms in total. The fraction of sp³-hybridized carbons (Fsp3) is 0.462. The summed E-state index contributed by atoms with van der Waals surface area (Å²) in [5, 5.41) is 0. The maximum absolute atomic E-state index is 12.2. The molecule has 0 unspecified atom stereocenters. The van der Waals surface area contributed by atoms with E-state index in [1.807, 2.05) is 6.92 Å². The van der Waals surface area contributed by atoms with E-state index >= 15 is 0 Å². The Bertz CT molecular complexity index is 574. The average Bonchev–Trinajstić information content (AvgIpc) is 2.46. The van der Waals surface area contributed by atoms with Crippen molar-refractivity contribution in [2.24, 2.45) is 0 Å². The van der Waals surface area contributed by atoms with E-state index in [2.05, 4.69) is 9.46 Å². The first-order valence-corrected chi connectivity index (χ1v) is 7.87. The van der Waals surface area contributed by atoms with Crippen molar-refractivity contribution in [1.29, 1.82) is 0 Å². The van der Waals surface area contributed by atoms with Gasteiger partial charge in [-0.2, -0.15) is 12.7 Å². The van der Waals surface area contributed by atoms with Crippen LogP contribution in [0.3, 0.4) is 0 Å². The zero-order valence-electron chi connectivity index (χ0n) is 12.3. The summed E-state index contributed by atoms with van der Waals surface area (Å²) in [6, 6.07) is 6.74. The van der Waals surface area contributed by atoms with Gasteiger partial charge in [0.2, 0.25) is 0 Å². The third-order valence-electron chi connectivity index (χ3n) is 2.69. The number of hydrogen-bond donors (Lipinski definition) is 1. The van der Waals surface area contributed by atoms with Crippen molar-refractivity contribution in [1.82, 2.24) is 4.31 Å². The number of rotatable bonds is 8. The molecule has 0 spiro atoms. The van der Waals surface area contributed by atoms with Crippen LogP contribution in [-0.2, 0) is 19.7 Å². The molecule has 0 aliphatic carbocycles. The van der Waals surface area contributed by atoms with Crippen LogP contribution in [-0.4, -0.2) is 46.0 Å². The highest BCUT2D eigenvalue weighted by Gasteiger charge is 2.20. The number of benzene rings is 1. The lowest BCUT2D eigenvalue weighted by atomic mass is 10.3. The van der Waals surface area contributed by atoms with Gasteiger partial charge >= 0.3 is 16.2 Å². The predicted octanol–water partition coefficient (Wildman–Crippen LogP) is 1.24. The second kappa shape index (κ2) is 7.84. The lowest BCUT2D eigenvalue weighted by molar-refractivity contribution is -0.140. The molecule has 0 fully saturated rings. The van der Waals surface area contributed by atoms with Crippen LogP contribution in [0.25, 0.3) is 0 Å². The summed E-state index contributed by atoms with van der Waals surface area (Å²) in [5.74, 6) is -0.0169. The first kappa shape index (κ1) is 17.3. The normalized spacial score (nSPS) is 11.2. The summed E-state index contributed by atoms with van der Waals surface area (Å²) < 4.78 is 37.7. The summed E-state index contributed by atoms with van der Waals surface area (Å²) in [7, 11) is -1.12. The van der Waals surface area contributed by atoms with E-state index in [1.54, 1.807) is 24.3 Å². The highest BCUT2D eigenvalue weighted by molar-refractivity contribution is 7.90. The smallest absolute Gasteiger partial charge is 0.306 e. The molecule has 0 bridgehead atoms. The van der Waals surface area contributed by atoms with Crippen LogP contribution < -0.4 is 9.46 Å². The number of methoxy groups -OCH3 is 1. The van der Waals surface area contributed by atoms with Crippen LogP contribution >= 0.6 is 0 Å². The zero-order chi connectivity index (χ0) is 15.9. The van der Waals surface area contributed by atoms with Crippen molar-refractivity contribution in [2.45, 2.75) is 13.3 Å². The van der Waals surface area contributed by atoms with Gasteiger partial charge in [0.05, 0.1) is 25.8 Å². The minimum Gasteiger partial charge on any atom is -0.492 e. The number of ether oxygens (including phenoxy) is 2. The van der Waals surface area contributed by atoms with Crippen LogP contribution in [0, 0.1) is 0 Å². The van der Waals surface area contributed by atoms with Crippen molar-refractivity contribution < 1.29 is 22.7 Å². The molecular weight excluding hydrogens is 296 g/mol. The van der Waals surface area contributed by atoms with Crippen LogP contribution in [0.1, 0.15) is 13.3 Å². The highest BCUT2D eigenvalue weighted by Crippen LogP contribution is 2.25. The molecule has 0 amide bonds. The van der Waals surface area contributed by atoms with E-state index in [4.69, 9.17) is 4.74 Å². The molecule has 8 heteroatoms. The van der Waals surface area contributed by atoms with Crippen molar-refractivity contribution >= 4 is 21.9 Å². The number of esters is 1. The number of carbonyl (C=O) groups is 1. The van der Waals surface area contributed by atoms with Crippen LogP contribution in [0.2, 0.25) is 0 Å². The summed E-state index contributed by atoms with van der Waals surface area (Å²) >= 11 is 0. The summed E-state index contributed by atoms with van der Waals surface area (Å²) in [6.45, 7) is 2.27. The van der Waals surface area contributed by atoms with E-state index in [-0.39, 0.29) is 13.0 Å². The highest BCUT2D eigenvalue weighted by atomic mass is 32.2. The molecule has 0 atom stereocenters. The van der Waals surface area contributed by atoms with E-state index in [9.17, 15) is 13.2 Å². The SMILES string of the molecule is CCOc1ccccc1NS(=O)(=O)N(C)CCC(=O)OC. The molecule has 0 aromatic heterocycles. The first-order valence-electron chi connectivity index (χ1n) is 6.43. The number of nitrogens with zero attached hydrogens (tertiary/aromatic N) is 1. The second-order valence-electron chi connectivity index (χ2n) is 4.18. The van der Waals surface area contributed by atoms with Gasteiger partial charge in [-0.3, -0.25) is 9.52 Å². The van der Waals surface area contributed by atoms with Gasteiger partial charge in [-0.15, -0.1) is 0 Å². The number of carbonyl (C=O) groups excluding carboxylic acids is 1. The van der Waals surface area contributed by atoms with Crippen LogP contribution in [0.5, 0.6) is 5.75 Å². The maximum atomic E-state index is 12.2. The average molecular weight is 316 g/mol. The summed E-state index contributed by atoms with van der Waals surface area (Å²) in [5.41, 5.74) is 0.351. The standard InChI is InChI=1S/C13H20N2O5S/c1-4-20-12-8-6-5-7-11(12)14-21(17,18)15(2)10-9-13(16)19-3/h5-8,14H,4,9-10H2,1-3H3. The molecule has 0 aliphatic heterocycles. The second-order valence-corrected chi connectivity index (χ2v) is 5.96. The molecule has 0 radical (unpaired) electrons. The van der Waals surface area contributed by atoms with E-state index in [0.717, 1.165) is 4.31 Å². The Labute approximate surface area is 125 Å². The molecule has 1 rings (SSSR count). The molecule has 0 saturated heterocycles. The topological polar surface area (TPSA) is 84.9 Å². The Balaban J connectivity index is 2.78. The molecule has 1 aromatic rings. The van der Waals surface area contributed by atoms with Crippen molar-refractivity contribution in [3.05, 3.63) is 24.3 Å². The maximum Gasteiger partial charge on any atom is 0.306 e. The number of hydrogen-bond acceptors (Lipinski definition) is 5. The Kier molecular flexibility index (Phi) is 6.44. The molecule has 1 aromatic carbocycles. The number of nitrogens with one attached hydrogen (secondary N) is 1. The molecule has 0 aliphatic rings. The monoisotopic (exact) mass is 316 g/mol. The zero-order valence-corrected chi connectivity index (χ0v) is 13.1. The lowest BCUT2D eigenvalue weighted by Gasteiger charge is -2.19. The summed E-state index contributed by atoms with van der Waals surface area (Å²) in [4.78, 5) is 11.1. The van der Waals surface area contributed by atoms with Crippen LogP contribution in [0.15, 0.2) is 24.3 Å². The predicted molar refractivity (Wildman–Crippen MR) is 79.4 cm³/mol. The van der Waals surface area contributed by atoms with Crippen molar-refractivity contribution in [3.63, 3.8) is 0 Å². The van der Waals surface area contributed by atoms with E-state index in [1.165, 1.54) is 14.2 Å². The third kappa shape index (κ3) is 5.24. The van der Waals surface area contributed by atoms with Gasteiger partial charge < -0.3 is 9.47 Å². The Morgan fingerprint density at radius 3 is 2.62 bits per heavy atom. The van der Waals surface area contributed by atoms with E-state index < -0.39 is 16.2 Å².